The van der Waals surface area contributed by atoms with Crippen LogP contribution in [0, 0.1) is 0 Å². The number of unbranched alkanes of at least 4 members (excludes halogenated alkanes) is 1. The van der Waals surface area contributed by atoms with Crippen LogP contribution in [0.3, 0.4) is 0 Å². The lowest BCUT2D eigenvalue weighted by atomic mass is 9.84. The van der Waals surface area contributed by atoms with E-state index in [-0.39, 0.29) is 24.7 Å². The number of nitrogens with zero attached hydrogens (tertiary/aromatic N) is 2. The van der Waals surface area contributed by atoms with Crippen molar-refractivity contribution in [2.24, 2.45) is 0 Å². The Hall–Kier alpha value is -2.87. The van der Waals surface area contributed by atoms with Crippen LogP contribution in [0.4, 0.5) is 0 Å². The van der Waals surface area contributed by atoms with Crippen molar-refractivity contribution in [2.75, 3.05) is 19.7 Å². The van der Waals surface area contributed by atoms with Crippen LogP contribution in [-0.2, 0) is 32.8 Å². The first kappa shape index (κ1) is 27.2. The molecule has 7 nitrogen and oxygen atoms in total. The van der Waals surface area contributed by atoms with Gasteiger partial charge in [0.2, 0.25) is 11.8 Å². The SMILES string of the molecule is CCCCOC1(c2ccccc2)CN(C(=O)[C@@H](Cc2ccc(Cl)cc2Cl)NC(=O)CCc2c[nH]cn2)C1. The number of carbonyl (C=O) groups is 2. The van der Waals surface area contributed by atoms with E-state index in [9.17, 15) is 9.59 Å². The number of rotatable bonds is 12. The van der Waals surface area contributed by atoms with Gasteiger partial charge in [-0.3, -0.25) is 9.59 Å². The minimum atomic E-state index is -0.769. The van der Waals surface area contributed by atoms with Gasteiger partial charge in [-0.05, 0) is 36.1 Å². The topological polar surface area (TPSA) is 87.3 Å². The van der Waals surface area contributed by atoms with E-state index in [1.54, 1.807) is 35.6 Å². The number of hydrogen-bond acceptors (Lipinski definition) is 4. The van der Waals surface area contributed by atoms with Crippen LogP contribution in [0.5, 0.6) is 0 Å². The van der Waals surface area contributed by atoms with Crippen molar-refractivity contribution in [3.05, 3.63) is 87.9 Å². The molecule has 2 N–H and O–H groups in total. The molecule has 0 aliphatic carbocycles. The molecule has 2 heterocycles. The third-order valence-electron chi connectivity index (χ3n) is 6.62. The number of likely N-dealkylation sites (tertiary alicyclic amines) is 1. The second-order valence-electron chi connectivity index (χ2n) is 9.38. The fourth-order valence-corrected chi connectivity index (χ4v) is 4.99. The summed E-state index contributed by atoms with van der Waals surface area (Å²) < 4.78 is 6.34. The van der Waals surface area contributed by atoms with Gasteiger partial charge in [-0.1, -0.05) is 72.9 Å². The molecule has 9 heteroatoms. The number of aryl methyl sites for hydroxylation is 1. The van der Waals surface area contributed by atoms with Crippen molar-refractivity contribution in [1.29, 1.82) is 0 Å². The third kappa shape index (κ3) is 6.92. The molecule has 1 fully saturated rings. The van der Waals surface area contributed by atoms with Crippen LogP contribution in [0.15, 0.2) is 61.1 Å². The maximum Gasteiger partial charge on any atom is 0.245 e. The van der Waals surface area contributed by atoms with Gasteiger partial charge >= 0.3 is 0 Å². The molecule has 37 heavy (non-hydrogen) atoms. The predicted octanol–water partition coefficient (Wildman–Crippen LogP) is 4.93. The number of ether oxygens (including phenoxy) is 1. The number of halogens is 2. The number of amides is 2. The fourth-order valence-electron chi connectivity index (χ4n) is 4.50. The Morgan fingerprint density at radius 1 is 1.19 bits per heavy atom. The summed E-state index contributed by atoms with van der Waals surface area (Å²) in [7, 11) is 0. The molecule has 0 radical (unpaired) electrons. The van der Waals surface area contributed by atoms with Crippen LogP contribution in [0.25, 0.3) is 0 Å². The van der Waals surface area contributed by atoms with Gasteiger partial charge in [0.25, 0.3) is 0 Å². The van der Waals surface area contributed by atoms with Crippen molar-refractivity contribution >= 4 is 35.0 Å². The minimum absolute atomic E-state index is 0.162. The van der Waals surface area contributed by atoms with Gasteiger partial charge in [0.1, 0.15) is 11.6 Å². The maximum absolute atomic E-state index is 13.7. The second kappa shape index (κ2) is 12.6. The van der Waals surface area contributed by atoms with Gasteiger partial charge in [-0.25, -0.2) is 4.98 Å². The van der Waals surface area contributed by atoms with Gasteiger partial charge in [-0.15, -0.1) is 0 Å². The summed E-state index contributed by atoms with van der Waals surface area (Å²) in [4.78, 5) is 35.3. The Balaban J connectivity index is 1.48. The highest BCUT2D eigenvalue weighted by Gasteiger charge is 2.49. The standard InChI is InChI=1S/C28H32Cl2N4O3/c1-2-3-13-37-28(21-7-5-4-6-8-21)17-34(18-28)27(36)25(14-20-9-10-22(29)15-24(20)30)33-26(35)12-11-23-16-31-19-32-23/h4-10,15-16,19,25H,2-3,11-14,17-18H2,1H3,(H,31,32)(H,33,35)/t25-/m1/s1. The van der Waals surface area contributed by atoms with Crippen molar-refractivity contribution in [2.45, 2.75) is 50.7 Å². The lowest BCUT2D eigenvalue weighted by Crippen LogP contribution is -2.66. The van der Waals surface area contributed by atoms with E-state index in [2.05, 4.69) is 22.2 Å². The van der Waals surface area contributed by atoms with Crippen LogP contribution >= 0.6 is 23.2 Å². The molecule has 1 atom stereocenters. The molecular formula is C28H32Cl2N4O3. The number of aromatic nitrogens is 2. The average Bonchev–Trinajstić information content (AvgIpc) is 3.39. The Kier molecular flexibility index (Phi) is 9.24. The summed E-state index contributed by atoms with van der Waals surface area (Å²) in [5, 5.41) is 3.91. The second-order valence-corrected chi connectivity index (χ2v) is 10.2. The highest BCUT2D eigenvalue weighted by molar-refractivity contribution is 6.35. The van der Waals surface area contributed by atoms with Crippen molar-refractivity contribution in [3.8, 4) is 0 Å². The normalized spacial score (nSPS) is 15.2. The fraction of sp³-hybridized carbons (Fsp3) is 0.393. The molecular weight excluding hydrogens is 511 g/mol. The first-order valence-electron chi connectivity index (χ1n) is 12.6. The highest BCUT2D eigenvalue weighted by atomic mass is 35.5. The van der Waals surface area contributed by atoms with E-state index in [0.717, 1.165) is 29.7 Å². The van der Waals surface area contributed by atoms with E-state index in [1.165, 1.54) is 0 Å². The number of H-pyrrole nitrogens is 1. The molecule has 0 unspecified atom stereocenters. The zero-order valence-corrected chi connectivity index (χ0v) is 22.4. The number of hydrogen-bond donors (Lipinski definition) is 2. The predicted molar refractivity (Wildman–Crippen MR) is 145 cm³/mol. The smallest absolute Gasteiger partial charge is 0.245 e. The molecule has 1 aliphatic heterocycles. The lowest BCUT2D eigenvalue weighted by Gasteiger charge is -2.51. The molecule has 196 valence electrons. The molecule has 1 saturated heterocycles. The maximum atomic E-state index is 13.7. The summed E-state index contributed by atoms with van der Waals surface area (Å²) in [6.45, 7) is 3.60. The van der Waals surface area contributed by atoms with E-state index >= 15 is 0 Å². The first-order valence-corrected chi connectivity index (χ1v) is 13.3. The molecule has 2 amide bonds. The van der Waals surface area contributed by atoms with Crippen molar-refractivity contribution < 1.29 is 14.3 Å². The van der Waals surface area contributed by atoms with Gasteiger partial charge in [0.05, 0.1) is 25.1 Å². The Labute approximate surface area is 227 Å². The van der Waals surface area contributed by atoms with Crippen LogP contribution in [-0.4, -0.2) is 52.4 Å². The van der Waals surface area contributed by atoms with E-state index in [0.29, 0.717) is 36.2 Å². The molecule has 1 aliphatic rings. The van der Waals surface area contributed by atoms with Crippen LogP contribution in [0.1, 0.15) is 43.0 Å². The average molecular weight is 543 g/mol. The van der Waals surface area contributed by atoms with Gasteiger partial charge in [-0.2, -0.15) is 0 Å². The highest BCUT2D eigenvalue weighted by Crippen LogP contribution is 2.37. The monoisotopic (exact) mass is 542 g/mol. The molecule has 4 rings (SSSR count). The number of benzene rings is 2. The third-order valence-corrected chi connectivity index (χ3v) is 7.20. The van der Waals surface area contributed by atoms with Gasteiger partial charge < -0.3 is 19.9 Å². The number of nitrogens with one attached hydrogen (secondary N) is 2. The molecule has 0 saturated carbocycles. The summed E-state index contributed by atoms with van der Waals surface area (Å²) in [5.41, 5.74) is 2.04. The largest absolute Gasteiger partial charge is 0.367 e. The molecule has 1 aromatic heterocycles. The van der Waals surface area contributed by atoms with E-state index in [4.69, 9.17) is 27.9 Å². The zero-order valence-electron chi connectivity index (χ0n) is 20.9. The minimum Gasteiger partial charge on any atom is -0.367 e. The Morgan fingerprint density at radius 3 is 2.65 bits per heavy atom. The summed E-state index contributed by atoms with van der Waals surface area (Å²) >= 11 is 12.5. The van der Waals surface area contributed by atoms with E-state index < -0.39 is 11.6 Å². The van der Waals surface area contributed by atoms with E-state index in [1.807, 2.05) is 30.3 Å². The molecule has 0 bridgehead atoms. The van der Waals surface area contributed by atoms with Gasteiger partial charge in [0, 0.05) is 35.7 Å². The molecule has 2 aromatic carbocycles. The van der Waals surface area contributed by atoms with Gasteiger partial charge in [0.15, 0.2) is 0 Å². The Morgan fingerprint density at radius 2 is 1.97 bits per heavy atom. The Bertz CT molecular complexity index is 1180. The zero-order chi connectivity index (χ0) is 26.3. The van der Waals surface area contributed by atoms with Crippen molar-refractivity contribution in [3.63, 3.8) is 0 Å². The number of carbonyl (C=O) groups excluding carboxylic acids is 2. The van der Waals surface area contributed by atoms with Crippen molar-refractivity contribution in [1.82, 2.24) is 20.2 Å². The van der Waals surface area contributed by atoms with Crippen LogP contribution in [0.2, 0.25) is 10.0 Å². The lowest BCUT2D eigenvalue weighted by molar-refractivity contribution is -0.175. The quantitative estimate of drug-likeness (QED) is 0.317. The summed E-state index contributed by atoms with van der Waals surface area (Å²) in [5.74, 6) is -0.384. The number of aromatic amines is 1. The first-order chi connectivity index (χ1) is 17.9. The molecule has 0 spiro atoms. The van der Waals surface area contributed by atoms with Crippen LogP contribution < -0.4 is 5.32 Å². The summed E-state index contributed by atoms with van der Waals surface area (Å²) in [6, 6.07) is 14.4. The molecule has 3 aromatic rings. The number of imidazole rings is 1. The summed E-state index contributed by atoms with van der Waals surface area (Å²) in [6.07, 6.45) is 6.27.